The highest BCUT2D eigenvalue weighted by atomic mass is 79.9. The number of nitrogens with one attached hydrogen (secondary N) is 1. The predicted molar refractivity (Wildman–Crippen MR) is 80.0 cm³/mol. The molecule has 0 unspecified atom stereocenters. The molecule has 1 aromatic heterocycles. The molecule has 2 aromatic rings. The van der Waals surface area contributed by atoms with Crippen molar-refractivity contribution in [3.8, 4) is 10.6 Å². The molecule has 0 aliphatic rings. The van der Waals surface area contributed by atoms with Crippen molar-refractivity contribution in [2.24, 2.45) is 0 Å². The van der Waals surface area contributed by atoms with Crippen molar-refractivity contribution in [1.82, 2.24) is 15.5 Å². The lowest BCUT2D eigenvalue weighted by Gasteiger charge is -2.01. The molecule has 1 aromatic carbocycles. The van der Waals surface area contributed by atoms with Crippen LogP contribution in [0.4, 0.5) is 0 Å². The maximum Gasteiger partial charge on any atom is 0.148 e. The Labute approximate surface area is 120 Å². The summed E-state index contributed by atoms with van der Waals surface area (Å²) in [5.74, 6) is 0. The number of rotatable bonds is 5. The van der Waals surface area contributed by atoms with Crippen LogP contribution in [-0.2, 0) is 6.42 Å². The smallest absolute Gasteiger partial charge is 0.148 e. The molecule has 0 spiro atoms. The van der Waals surface area contributed by atoms with E-state index >= 15 is 0 Å². The van der Waals surface area contributed by atoms with Gasteiger partial charge < -0.3 is 5.32 Å². The minimum atomic E-state index is 0.939. The first kappa shape index (κ1) is 13.6. The molecule has 0 amide bonds. The van der Waals surface area contributed by atoms with E-state index < -0.39 is 0 Å². The average molecular weight is 326 g/mol. The SMILES string of the molecule is CCNCCc1nnc(-c2cc(C)ccc2Br)s1. The number of halogens is 1. The zero-order valence-electron chi connectivity index (χ0n) is 10.5. The second-order valence-electron chi connectivity index (χ2n) is 4.09. The van der Waals surface area contributed by atoms with Crippen LogP contribution >= 0.6 is 27.3 Å². The molecule has 0 atom stereocenters. The maximum atomic E-state index is 4.28. The molecule has 0 aliphatic heterocycles. The summed E-state index contributed by atoms with van der Waals surface area (Å²) in [6.45, 7) is 6.15. The zero-order valence-corrected chi connectivity index (χ0v) is 12.9. The van der Waals surface area contributed by atoms with Gasteiger partial charge in [-0.15, -0.1) is 10.2 Å². The third-order valence-electron chi connectivity index (χ3n) is 2.58. The van der Waals surface area contributed by atoms with E-state index in [9.17, 15) is 0 Å². The van der Waals surface area contributed by atoms with Crippen LogP contribution in [0.25, 0.3) is 10.6 Å². The van der Waals surface area contributed by atoms with Crippen molar-refractivity contribution < 1.29 is 0 Å². The van der Waals surface area contributed by atoms with Gasteiger partial charge in [0.05, 0.1) is 0 Å². The van der Waals surface area contributed by atoms with E-state index in [4.69, 9.17) is 0 Å². The van der Waals surface area contributed by atoms with Gasteiger partial charge in [-0.2, -0.15) is 0 Å². The topological polar surface area (TPSA) is 37.8 Å². The molecule has 0 radical (unpaired) electrons. The van der Waals surface area contributed by atoms with Crippen LogP contribution in [0, 0.1) is 6.92 Å². The van der Waals surface area contributed by atoms with E-state index in [1.165, 1.54) is 5.56 Å². The van der Waals surface area contributed by atoms with E-state index in [-0.39, 0.29) is 0 Å². The number of nitrogens with zero attached hydrogens (tertiary/aromatic N) is 2. The number of hydrogen-bond acceptors (Lipinski definition) is 4. The number of likely N-dealkylation sites (N-methyl/N-ethyl adjacent to an activating group) is 1. The highest BCUT2D eigenvalue weighted by Crippen LogP contribution is 2.31. The molecule has 0 fully saturated rings. The van der Waals surface area contributed by atoms with E-state index in [2.05, 4.69) is 63.5 Å². The fourth-order valence-corrected chi connectivity index (χ4v) is 3.07. The molecular formula is C13H16BrN3S. The van der Waals surface area contributed by atoms with E-state index in [1.54, 1.807) is 11.3 Å². The van der Waals surface area contributed by atoms with E-state index in [0.29, 0.717) is 0 Å². The molecule has 96 valence electrons. The summed E-state index contributed by atoms with van der Waals surface area (Å²) in [5.41, 5.74) is 2.36. The van der Waals surface area contributed by atoms with Gasteiger partial charge in [-0.3, -0.25) is 0 Å². The van der Waals surface area contributed by atoms with Gasteiger partial charge in [0.2, 0.25) is 0 Å². The van der Waals surface area contributed by atoms with Crippen molar-refractivity contribution in [2.45, 2.75) is 20.3 Å². The van der Waals surface area contributed by atoms with Crippen LogP contribution in [0.15, 0.2) is 22.7 Å². The number of aryl methyl sites for hydroxylation is 1. The lowest BCUT2D eigenvalue weighted by atomic mass is 10.1. The lowest BCUT2D eigenvalue weighted by molar-refractivity contribution is 0.710. The van der Waals surface area contributed by atoms with Gasteiger partial charge in [-0.25, -0.2) is 0 Å². The molecular weight excluding hydrogens is 310 g/mol. The van der Waals surface area contributed by atoms with Gasteiger partial charge in [-0.05, 0) is 25.6 Å². The summed E-state index contributed by atoms with van der Waals surface area (Å²) in [4.78, 5) is 0. The Hall–Kier alpha value is -0.780. The lowest BCUT2D eigenvalue weighted by Crippen LogP contribution is -2.15. The summed E-state index contributed by atoms with van der Waals surface area (Å²) in [6.07, 6.45) is 0.939. The Morgan fingerprint density at radius 3 is 2.94 bits per heavy atom. The Bertz CT molecular complexity index is 525. The Morgan fingerprint density at radius 1 is 1.33 bits per heavy atom. The second kappa shape index (κ2) is 6.41. The average Bonchev–Trinajstić information content (AvgIpc) is 2.81. The van der Waals surface area contributed by atoms with Crippen LogP contribution in [0.3, 0.4) is 0 Å². The molecule has 2 rings (SSSR count). The fraction of sp³-hybridized carbons (Fsp3) is 0.385. The summed E-state index contributed by atoms with van der Waals surface area (Å²) in [7, 11) is 0. The molecule has 3 nitrogen and oxygen atoms in total. The summed E-state index contributed by atoms with van der Waals surface area (Å²) in [5, 5.41) is 13.9. The molecule has 0 saturated carbocycles. The third-order valence-corrected chi connectivity index (χ3v) is 4.29. The standard InChI is InChI=1S/C13H16BrN3S/c1-3-15-7-6-12-16-17-13(18-12)10-8-9(2)4-5-11(10)14/h4-5,8,15H,3,6-7H2,1-2H3. The third kappa shape index (κ3) is 3.37. The van der Waals surface area contributed by atoms with Crippen LogP contribution in [-0.4, -0.2) is 23.3 Å². The molecule has 18 heavy (non-hydrogen) atoms. The zero-order chi connectivity index (χ0) is 13.0. The first-order chi connectivity index (χ1) is 8.70. The van der Waals surface area contributed by atoms with Crippen molar-refractivity contribution in [2.75, 3.05) is 13.1 Å². The first-order valence-electron chi connectivity index (χ1n) is 6.00. The van der Waals surface area contributed by atoms with Gasteiger partial charge in [0, 0.05) is 23.0 Å². The Kier molecular flexibility index (Phi) is 4.86. The summed E-state index contributed by atoms with van der Waals surface area (Å²) >= 11 is 5.23. The van der Waals surface area contributed by atoms with Crippen molar-refractivity contribution >= 4 is 27.3 Å². The minimum absolute atomic E-state index is 0.939. The minimum Gasteiger partial charge on any atom is -0.317 e. The van der Waals surface area contributed by atoms with E-state index in [1.807, 2.05) is 0 Å². The highest BCUT2D eigenvalue weighted by Gasteiger charge is 2.09. The quantitative estimate of drug-likeness (QED) is 0.856. The van der Waals surface area contributed by atoms with Crippen molar-refractivity contribution in [3.63, 3.8) is 0 Å². The number of benzene rings is 1. The molecule has 1 N–H and O–H groups in total. The normalized spacial score (nSPS) is 10.8. The van der Waals surface area contributed by atoms with Gasteiger partial charge in [0.1, 0.15) is 10.0 Å². The van der Waals surface area contributed by atoms with Gasteiger partial charge in [0.15, 0.2) is 0 Å². The second-order valence-corrected chi connectivity index (χ2v) is 6.00. The number of hydrogen-bond donors (Lipinski definition) is 1. The van der Waals surface area contributed by atoms with E-state index in [0.717, 1.165) is 39.6 Å². The van der Waals surface area contributed by atoms with Crippen LogP contribution < -0.4 is 5.32 Å². The monoisotopic (exact) mass is 325 g/mol. The van der Waals surface area contributed by atoms with Gasteiger partial charge >= 0.3 is 0 Å². The first-order valence-corrected chi connectivity index (χ1v) is 7.61. The molecule has 1 heterocycles. The van der Waals surface area contributed by atoms with Crippen LogP contribution in [0.1, 0.15) is 17.5 Å². The summed E-state index contributed by atoms with van der Waals surface area (Å²) < 4.78 is 1.07. The Balaban J connectivity index is 2.16. The Morgan fingerprint density at radius 2 is 2.17 bits per heavy atom. The van der Waals surface area contributed by atoms with Crippen molar-refractivity contribution in [1.29, 1.82) is 0 Å². The maximum absolute atomic E-state index is 4.28. The summed E-state index contributed by atoms with van der Waals surface area (Å²) in [6, 6.07) is 6.28. The molecule has 5 heteroatoms. The molecule has 0 saturated heterocycles. The molecule has 0 bridgehead atoms. The molecule has 0 aliphatic carbocycles. The van der Waals surface area contributed by atoms with Gasteiger partial charge in [-0.1, -0.05) is 45.8 Å². The predicted octanol–water partition coefficient (Wildman–Crippen LogP) is 3.43. The van der Waals surface area contributed by atoms with Gasteiger partial charge in [0.25, 0.3) is 0 Å². The van der Waals surface area contributed by atoms with Crippen LogP contribution in [0.2, 0.25) is 0 Å². The fourth-order valence-electron chi connectivity index (χ4n) is 1.64. The van der Waals surface area contributed by atoms with Crippen LogP contribution in [0.5, 0.6) is 0 Å². The largest absolute Gasteiger partial charge is 0.317 e. The highest BCUT2D eigenvalue weighted by molar-refractivity contribution is 9.10. The van der Waals surface area contributed by atoms with Crippen molar-refractivity contribution in [3.05, 3.63) is 33.2 Å². The number of aromatic nitrogens is 2.